The van der Waals surface area contributed by atoms with E-state index in [1.54, 1.807) is 4.90 Å². The smallest absolute Gasteiger partial charge is 0.257 e. The average Bonchev–Trinajstić information content (AvgIpc) is 3.22. The summed E-state index contributed by atoms with van der Waals surface area (Å²) in [6.45, 7) is 2.76. The van der Waals surface area contributed by atoms with E-state index in [1.807, 2.05) is 43.3 Å². The first-order chi connectivity index (χ1) is 13.0. The third-order valence-electron chi connectivity index (χ3n) is 5.36. The molecular formula is C20H25N5O2. The van der Waals surface area contributed by atoms with E-state index in [0.717, 1.165) is 37.3 Å². The number of anilines is 2. The lowest BCUT2D eigenvalue weighted by Crippen LogP contribution is -2.40. The van der Waals surface area contributed by atoms with Crippen molar-refractivity contribution in [2.75, 3.05) is 43.5 Å². The Morgan fingerprint density at radius 2 is 1.96 bits per heavy atom. The van der Waals surface area contributed by atoms with Gasteiger partial charge in [-0.2, -0.15) is 0 Å². The van der Waals surface area contributed by atoms with Gasteiger partial charge < -0.3 is 14.7 Å². The van der Waals surface area contributed by atoms with Crippen molar-refractivity contribution in [2.45, 2.75) is 25.8 Å². The Bertz CT molecular complexity index is 915. The lowest BCUT2D eigenvalue weighted by molar-refractivity contribution is 0.0732. The molecule has 2 aromatic rings. The Morgan fingerprint density at radius 3 is 2.70 bits per heavy atom. The van der Waals surface area contributed by atoms with Crippen molar-refractivity contribution in [1.29, 1.82) is 0 Å². The molecule has 1 aromatic heterocycles. The van der Waals surface area contributed by atoms with Crippen LogP contribution in [0.2, 0.25) is 0 Å². The highest BCUT2D eigenvalue weighted by molar-refractivity contribution is 5.95. The van der Waals surface area contributed by atoms with Gasteiger partial charge >= 0.3 is 0 Å². The van der Waals surface area contributed by atoms with Crippen LogP contribution in [0.15, 0.2) is 29.1 Å². The topological polar surface area (TPSA) is 72.5 Å². The fourth-order valence-electron chi connectivity index (χ4n) is 3.76. The van der Waals surface area contributed by atoms with E-state index in [-0.39, 0.29) is 11.5 Å². The van der Waals surface area contributed by atoms with Gasteiger partial charge in [0.15, 0.2) is 0 Å². The molecule has 7 nitrogen and oxygen atoms in total. The molecular weight excluding hydrogens is 342 g/mol. The minimum Gasteiger partial charge on any atom is -0.378 e. The number of rotatable bonds is 3. The third-order valence-corrected chi connectivity index (χ3v) is 5.36. The molecule has 0 spiro atoms. The van der Waals surface area contributed by atoms with E-state index < -0.39 is 0 Å². The van der Waals surface area contributed by atoms with E-state index in [0.29, 0.717) is 36.6 Å². The van der Waals surface area contributed by atoms with Crippen LogP contribution in [0.4, 0.5) is 11.6 Å². The second-order valence-corrected chi connectivity index (χ2v) is 7.43. The molecule has 4 rings (SSSR count). The summed E-state index contributed by atoms with van der Waals surface area (Å²) < 4.78 is 0. The maximum absolute atomic E-state index is 12.9. The van der Waals surface area contributed by atoms with E-state index in [4.69, 9.17) is 0 Å². The fraction of sp³-hybridized carbons (Fsp3) is 0.450. The molecule has 1 aromatic carbocycles. The van der Waals surface area contributed by atoms with Gasteiger partial charge in [-0.15, -0.1) is 0 Å². The zero-order valence-corrected chi connectivity index (χ0v) is 15.9. The second kappa shape index (κ2) is 7.06. The lowest BCUT2D eigenvalue weighted by atomic mass is 10.1. The van der Waals surface area contributed by atoms with Crippen LogP contribution in [0.5, 0.6) is 0 Å². The number of benzene rings is 1. The number of hydrogen-bond donors (Lipinski definition) is 1. The van der Waals surface area contributed by atoms with Gasteiger partial charge in [0.25, 0.3) is 11.5 Å². The van der Waals surface area contributed by atoms with Crippen LogP contribution >= 0.6 is 0 Å². The van der Waals surface area contributed by atoms with Crippen molar-refractivity contribution >= 4 is 17.5 Å². The predicted molar refractivity (Wildman–Crippen MR) is 106 cm³/mol. The number of aromatic nitrogens is 2. The monoisotopic (exact) mass is 367 g/mol. The lowest BCUT2D eigenvalue weighted by Gasteiger charge is -2.29. The minimum absolute atomic E-state index is 0.0487. The molecule has 0 atom stereocenters. The minimum atomic E-state index is -0.124. The molecule has 1 saturated heterocycles. The molecule has 0 radical (unpaired) electrons. The van der Waals surface area contributed by atoms with Crippen molar-refractivity contribution in [3.8, 4) is 0 Å². The van der Waals surface area contributed by atoms with Crippen LogP contribution in [0, 0.1) is 0 Å². The molecule has 27 heavy (non-hydrogen) atoms. The summed E-state index contributed by atoms with van der Waals surface area (Å²) in [5, 5.41) is 0. The Labute approximate surface area is 158 Å². The summed E-state index contributed by atoms with van der Waals surface area (Å²) in [7, 11) is 3.90. The van der Waals surface area contributed by atoms with Gasteiger partial charge in [-0.1, -0.05) is 6.07 Å². The fourth-order valence-corrected chi connectivity index (χ4v) is 3.76. The Kier molecular flexibility index (Phi) is 4.59. The van der Waals surface area contributed by atoms with Gasteiger partial charge in [-0.05, 0) is 31.0 Å². The van der Waals surface area contributed by atoms with Crippen molar-refractivity contribution in [3.63, 3.8) is 0 Å². The highest BCUT2D eigenvalue weighted by Gasteiger charge is 2.26. The average molecular weight is 367 g/mol. The molecule has 0 bridgehead atoms. The highest BCUT2D eigenvalue weighted by Crippen LogP contribution is 2.21. The number of aromatic amines is 1. The maximum Gasteiger partial charge on any atom is 0.257 e. The van der Waals surface area contributed by atoms with Crippen LogP contribution in [-0.2, 0) is 13.0 Å². The molecule has 0 saturated carbocycles. The number of carbonyl (C=O) groups is 1. The van der Waals surface area contributed by atoms with Crippen LogP contribution < -0.4 is 15.4 Å². The molecule has 0 aliphatic carbocycles. The summed E-state index contributed by atoms with van der Waals surface area (Å²) in [4.78, 5) is 39.0. The van der Waals surface area contributed by atoms with Crippen LogP contribution in [-0.4, -0.2) is 54.5 Å². The number of hydrogen-bond acceptors (Lipinski definition) is 5. The SMILES string of the molecule is CN(C)c1cccc(C(=O)N2CCc3nc(N4CCCC4)[nH]c(=O)c3C2)c1. The molecule has 1 N–H and O–H groups in total. The standard InChI is InChI=1S/C20H25N5O2/c1-23(2)15-7-5-6-14(12-15)19(27)25-11-8-17-16(13-25)18(26)22-20(21-17)24-9-3-4-10-24/h5-7,12H,3-4,8-11,13H2,1-2H3,(H,21,22,26). The molecule has 3 heterocycles. The molecule has 2 aliphatic heterocycles. The van der Waals surface area contributed by atoms with E-state index in [2.05, 4.69) is 14.9 Å². The highest BCUT2D eigenvalue weighted by atomic mass is 16.2. The van der Waals surface area contributed by atoms with Gasteiger partial charge in [-0.3, -0.25) is 14.6 Å². The molecule has 1 fully saturated rings. The maximum atomic E-state index is 12.9. The van der Waals surface area contributed by atoms with Crippen LogP contribution in [0.3, 0.4) is 0 Å². The van der Waals surface area contributed by atoms with Crippen molar-refractivity contribution in [1.82, 2.24) is 14.9 Å². The first-order valence-corrected chi connectivity index (χ1v) is 9.46. The van der Waals surface area contributed by atoms with E-state index in [1.165, 1.54) is 0 Å². The number of carbonyl (C=O) groups excluding carboxylic acids is 1. The molecule has 7 heteroatoms. The number of nitrogens with one attached hydrogen (secondary N) is 1. The van der Waals surface area contributed by atoms with Gasteiger partial charge in [-0.25, -0.2) is 4.98 Å². The second-order valence-electron chi connectivity index (χ2n) is 7.43. The van der Waals surface area contributed by atoms with Crippen molar-refractivity contribution in [2.24, 2.45) is 0 Å². The van der Waals surface area contributed by atoms with Crippen LogP contribution in [0.25, 0.3) is 0 Å². The summed E-state index contributed by atoms with van der Waals surface area (Å²) in [6, 6.07) is 7.56. The zero-order chi connectivity index (χ0) is 19.0. The first-order valence-electron chi connectivity index (χ1n) is 9.46. The number of H-pyrrole nitrogens is 1. The number of fused-ring (bicyclic) bond motifs is 1. The van der Waals surface area contributed by atoms with Gasteiger partial charge in [0.1, 0.15) is 0 Å². The van der Waals surface area contributed by atoms with Crippen molar-refractivity contribution in [3.05, 3.63) is 51.4 Å². The van der Waals surface area contributed by atoms with Gasteiger partial charge in [0.05, 0.1) is 17.8 Å². The van der Waals surface area contributed by atoms with Gasteiger partial charge in [0, 0.05) is 51.4 Å². The number of amides is 1. The Hall–Kier alpha value is -2.83. The molecule has 142 valence electrons. The molecule has 1 amide bonds. The Morgan fingerprint density at radius 1 is 1.19 bits per heavy atom. The zero-order valence-electron chi connectivity index (χ0n) is 15.9. The van der Waals surface area contributed by atoms with E-state index >= 15 is 0 Å². The van der Waals surface area contributed by atoms with E-state index in [9.17, 15) is 9.59 Å². The predicted octanol–water partition coefficient (Wildman–Crippen LogP) is 1.63. The summed E-state index contributed by atoms with van der Waals surface area (Å²) in [6.07, 6.45) is 2.88. The largest absolute Gasteiger partial charge is 0.378 e. The summed E-state index contributed by atoms with van der Waals surface area (Å²) in [5.74, 6) is 0.627. The normalized spacial score (nSPS) is 16.4. The quantitative estimate of drug-likeness (QED) is 0.893. The number of nitrogens with zero attached hydrogens (tertiary/aromatic N) is 4. The third kappa shape index (κ3) is 3.41. The summed E-state index contributed by atoms with van der Waals surface area (Å²) in [5.41, 5.74) is 2.94. The summed E-state index contributed by atoms with van der Waals surface area (Å²) >= 11 is 0. The van der Waals surface area contributed by atoms with Crippen molar-refractivity contribution < 1.29 is 4.79 Å². The molecule has 0 unspecified atom stereocenters. The molecule has 2 aliphatic rings. The van der Waals surface area contributed by atoms with Crippen LogP contribution in [0.1, 0.15) is 34.5 Å². The first kappa shape index (κ1) is 17.6. The van der Waals surface area contributed by atoms with Gasteiger partial charge in [0.2, 0.25) is 5.95 Å². The Balaban J connectivity index is 1.57.